The number of aryl methyl sites for hydroxylation is 1. The number of halogens is 1. The molecule has 6 nitrogen and oxygen atoms in total. The Morgan fingerprint density at radius 2 is 2.24 bits per heavy atom. The highest BCUT2D eigenvalue weighted by Crippen LogP contribution is 2.26. The maximum absolute atomic E-state index is 13.5. The first-order valence-corrected chi connectivity index (χ1v) is 9.19. The molecule has 0 saturated carbocycles. The maximum Gasteiger partial charge on any atom is 0.234 e. The van der Waals surface area contributed by atoms with Gasteiger partial charge in [0.05, 0.1) is 18.6 Å². The number of carbonyl (C=O) groups excluding carboxylic acids is 1. The van der Waals surface area contributed by atoms with Crippen LogP contribution in [0.4, 0.5) is 15.2 Å². The van der Waals surface area contributed by atoms with Gasteiger partial charge in [-0.3, -0.25) is 4.79 Å². The number of hydrogen-bond acceptors (Lipinski definition) is 7. The third-order valence-electron chi connectivity index (χ3n) is 3.18. The lowest BCUT2D eigenvalue weighted by Crippen LogP contribution is -2.14. The fourth-order valence-corrected chi connectivity index (χ4v) is 3.46. The Bertz CT molecular complexity index is 852. The minimum Gasteiger partial charge on any atom is -0.467 e. The smallest absolute Gasteiger partial charge is 0.234 e. The molecule has 3 aromatic rings. The highest BCUT2D eigenvalue weighted by atomic mass is 32.2. The fourth-order valence-electron chi connectivity index (χ4n) is 1.91. The molecule has 0 spiro atoms. The number of nitrogens with zero attached hydrogens (tertiary/aromatic N) is 2. The van der Waals surface area contributed by atoms with Crippen molar-refractivity contribution in [1.29, 1.82) is 0 Å². The summed E-state index contributed by atoms with van der Waals surface area (Å²) in [6, 6.07) is 8.28. The molecule has 0 bridgehead atoms. The van der Waals surface area contributed by atoms with E-state index in [1.807, 2.05) is 12.1 Å². The van der Waals surface area contributed by atoms with E-state index >= 15 is 0 Å². The Balaban J connectivity index is 1.46. The van der Waals surface area contributed by atoms with Crippen molar-refractivity contribution < 1.29 is 13.6 Å². The molecule has 0 radical (unpaired) electrons. The molecule has 1 amide bonds. The van der Waals surface area contributed by atoms with Crippen LogP contribution in [0.2, 0.25) is 0 Å². The summed E-state index contributed by atoms with van der Waals surface area (Å²) in [5, 5.41) is 14.4. The number of rotatable bonds is 7. The molecular weight excluding hydrogens is 363 g/mol. The van der Waals surface area contributed by atoms with Crippen molar-refractivity contribution >= 4 is 39.8 Å². The monoisotopic (exact) mass is 378 g/mol. The van der Waals surface area contributed by atoms with Crippen molar-refractivity contribution in [2.75, 3.05) is 16.4 Å². The minimum absolute atomic E-state index is 0.169. The zero-order valence-electron chi connectivity index (χ0n) is 13.3. The predicted molar refractivity (Wildman–Crippen MR) is 96.4 cm³/mol. The summed E-state index contributed by atoms with van der Waals surface area (Å²) in [4.78, 5) is 11.9. The maximum atomic E-state index is 13.5. The minimum atomic E-state index is -0.346. The number of benzene rings is 1. The number of thioether (sulfide) groups is 1. The second kappa shape index (κ2) is 8.13. The molecule has 1 aromatic carbocycles. The second-order valence-electron chi connectivity index (χ2n) is 5.11. The predicted octanol–water partition coefficient (Wildman–Crippen LogP) is 3.92. The van der Waals surface area contributed by atoms with E-state index in [4.69, 9.17) is 4.42 Å². The molecule has 0 aliphatic carbocycles. The lowest BCUT2D eigenvalue weighted by atomic mass is 10.2. The van der Waals surface area contributed by atoms with E-state index in [0.717, 1.165) is 5.76 Å². The number of carbonyl (C=O) groups is 1. The van der Waals surface area contributed by atoms with Gasteiger partial charge in [0.15, 0.2) is 4.34 Å². The van der Waals surface area contributed by atoms with Gasteiger partial charge in [0.1, 0.15) is 11.6 Å². The van der Waals surface area contributed by atoms with Crippen LogP contribution in [0.1, 0.15) is 11.3 Å². The molecule has 2 aromatic heterocycles. The summed E-state index contributed by atoms with van der Waals surface area (Å²) in [6.07, 6.45) is 1.61. The zero-order valence-corrected chi connectivity index (χ0v) is 14.9. The van der Waals surface area contributed by atoms with E-state index < -0.39 is 0 Å². The number of furan rings is 1. The van der Waals surface area contributed by atoms with Crippen molar-refractivity contribution in [2.24, 2.45) is 0 Å². The molecule has 3 rings (SSSR count). The second-order valence-corrected chi connectivity index (χ2v) is 7.31. The molecule has 9 heteroatoms. The molecule has 0 unspecified atom stereocenters. The zero-order chi connectivity index (χ0) is 17.6. The van der Waals surface area contributed by atoms with Gasteiger partial charge in [0.25, 0.3) is 0 Å². The molecular formula is C16H15FN4O2S2. The molecule has 0 aliphatic heterocycles. The van der Waals surface area contributed by atoms with Gasteiger partial charge >= 0.3 is 0 Å². The summed E-state index contributed by atoms with van der Waals surface area (Å²) in [6.45, 7) is 2.19. The van der Waals surface area contributed by atoms with Gasteiger partial charge in [-0.1, -0.05) is 29.2 Å². The number of aromatic nitrogens is 2. The fraction of sp³-hybridized carbons (Fsp3) is 0.188. The van der Waals surface area contributed by atoms with Gasteiger partial charge in [0, 0.05) is 5.69 Å². The van der Waals surface area contributed by atoms with Crippen molar-refractivity contribution in [1.82, 2.24) is 10.2 Å². The Kier molecular flexibility index (Phi) is 5.67. The first-order chi connectivity index (χ1) is 12.1. The van der Waals surface area contributed by atoms with Gasteiger partial charge in [-0.2, -0.15) is 0 Å². The summed E-state index contributed by atoms with van der Waals surface area (Å²) in [5.74, 6) is 0.395. The SMILES string of the molecule is Cc1ccc(NC(=O)CSc2nnc(NCc3ccco3)s2)cc1F. The molecule has 0 atom stereocenters. The number of anilines is 2. The van der Waals surface area contributed by atoms with Crippen LogP contribution in [0.25, 0.3) is 0 Å². The molecule has 0 saturated heterocycles. The van der Waals surface area contributed by atoms with E-state index in [9.17, 15) is 9.18 Å². The van der Waals surface area contributed by atoms with Crippen LogP contribution in [-0.2, 0) is 11.3 Å². The van der Waals surface area contributed by atoms with Gasteiger partial charge in [-0.05, 0) is 36.8 Å². The van der Waals surface area contributed by atoms with Crippen LogP contribution in [0.15, 0.2) is 45.4 Å². The normalized spacial score (nSPS) is 10.6. The molecule has 0 aliphatic rings. The van der Waals surface area contributed by atoms with Crippen LogP contribution < -0.4 is 10.6 Å². The van der Waals surface area contributed by atoms with Gasteiger partial charge in [0.2, 0.25) is 11.0 Å². The summed E-state index contributed by atoms with van der Waals surface area (Å²) in [5.41, 5.74) is 0.975. The highest BCUT2D eigenvalue weighted by molar-refractivity contribution is 8.01. The molecule has 2 heterocycles. The van der Waals surface area contributed by atoms with E-state index in [1.54, 1.807) is 25.3 Å². The van der Waals surface area contributed by atoms with Crippen LogP contribution in [-0.4, -0.2) is 21.9 Å². The first-order valence-electron chi connectivity index (χ1n) is 7.39. The Labute approximate surface area is 151 Å². The first kappa shape index (κ1) is 17.4. The van der Waals surface area contributed by atoms with Crippen molar-refractivity contribution in [3.05, 3.63) is 53.7 Å². The average Bonchev–Trinajstić information content (AvgIpc) is 3.26. The molecule has 0 fully saturated rings. The van der Waals surface area contributed by atoms with Crippen LogP contribution in [0.5, 0.6) is 0 Å². The lowest BCUT2D eigenvalue weighted by Gasteiger charge is -2.05. The third-order valence-corrected chi connectivity index (χ3v) is 5.20. The van der Waals surface area contributed by atoms with Gasteiger partial charge in [-0.25, -0.2) is 4.39 Å². The van der Waals surface area contributed by atoms with Gasteiger partial charge < -0.3 is 15.1 Å². The van der Waals surface area contributed by atoms with Crippen molar-refractivity contribution in [2.45, 2.75) is 17.8 Å². The lowest BCUT2D eigenvalue weighted by molar-refractivity contribution is -0.113. The van der Waals surface area contributed by atoms with Crippen LogP contribution in [0.3, 0.4) is 0 Å². The molecule has 25 heavy (non-hydrogen) atoms. The molecule has 130 valence electrons. The quantitative estimate of drug-likeness (QED) is 0.607. The van der Waals surface area contributed by atoms with E-state index in [2.05, 4.69) is 20.8 Å². The van der Waals surface area contributed by atoms with Crippen LogP contribution in [0, 0.1) is 12.7 Å². The molecule has 2 N–H and O–H groups in total. The van der Waals surface area contributed by atoms with Crippen molar-refractivity contribution in [3.8, 4) is 0 Å². The number of hydrogen-bond donors (Lipinski definition) is 2. The Morgan fingerprint density at radius 3 is 3.00 bits per heavy atom. The van der Waals surface area contributed by atoms with E-state index in [0.29, 0.717) is 27.3 Å². The van der Waals surface area contributed by atoms with Gasteiger partial charge in [-0.15, -0.1) is 10.2 Å². The topological polar surface area (TPSA) is 80.0 Å². The Morgan fingerprint density at radius 1 is 1.36 bits per heavy atom. The average molecular weight is 378 g/mol. The summed E-state index contributed by atoms with van der Waals surface area (Å²) in [7, 11) is 0. The number of nitrogens with one attached hydrogen (secondary N) is 2. The van der Waals surface area contributed by atoms with Crippen molar-refractivity contribution in [3.63, 3.8) is 0 Å². The van der Waals surface area contributed by atoms with E-state index in [-0.39, 0.29) is 17.5 Å². The highest BCUT2D eigenvalue weighted by Gasteiger charge is 2.09. The standard InChI is InChI=1S/C16H15FN4O2S2/c1-10-4-5-11(7-13(10)17)19-14(22)9-24-16-21-20-15(25-16)18-8-12-3-2-6-23-12/h2-7H,8-9H2,1H3,(H,18,20)(H,19,22). The largest absolute Gasteiger partial charge is 0.467 e. The summed E-state index contributed by atoms with van der Waals surface area (Å²) < 4.78 is 19.4. The third kappa shape index (κ3) is 5.04. The summed E-state index contributed by atoms with van der Waals surface area (Å²) >= 11 is 2.63. The number of amides is 1. The van der Waals surface area contributed by atoms with Crippen LogP contribution >= 0.6 is 23.1 Å². The van der Waals surface area contributed by atoms with E-state index in [1.165, 1.54) is 29.2 Å². The Hall–Kier alpha value is -2.39.